The van der Waals surface area contributed by atoms with Crippen LogP contribution in [-0.4, -0.2) is 40.4 Å². The molecule has 0 spiro atoms. The Morgan fingerprint density at radius 3 is 2.56 bits per heavy atom. The molecule has 0 amide bonds. The first-order valence-corrected chi connectivity index (χ1v) is 9.21. The molecule has 0 fully saturated rings. The summed E-state index contributed by atoms with van der Waals surface area (Å²) in [6, 6.07) is 6.61. The highest BCUT2D eigenvalue weighted by atomic mass is 127. The number of hydrogen-bond acceptors (Lipinski definition) is 3. The van der Waals surface area contributed by atoms with Gasteiger partial charge >= 0.3 is 0 Å². The van der Waals surface area contributed by atoms with E-state index in [2.05, 4.69) is 46.6 Å². The van der Waals surface area contributed by atoms with E-state index < -0.39 is 0 Å². The van der Waals surface area contributed by atoms with Crippen LogP contribution >= 0.6 is 24.0 Å². The van der Waals surface area contributed by atoms with Gasteiger partial charge in [-0.1, -0.05) is 32.9 Å². The zero-order valence-corrected chi connectivity index (χ0v) is 18.6. The van der Waals surface area contributed by atoms with Gasteiger partial charge in [0.1, 0.15) is 18.0 Å². The molecule has 150 valence electrons. The van der Waals surface area contributed by atoms with Gasteiger partial charge in [0.05, 0.1) is 0 Å². The van der Waals surface area contributed by atoms with Crippen molar-refractivity contribution in [2.24, 2.45) is 10.9 Å². The van der Waals surface area contributed by atoms with E-state index in [9.17, 15) is 4.39 Å². The van der Waals surface area contributed by atoms with Crippen LogP contribution < -0.4 is 10.6 Å². The number of benzene rings is 1. The Balaban J connectivity index is 0.00000364. The Kier molecular flexibility index (Phi) is 10.9. The van der Waals surface area contributed by atoms with Crippen molar-refractivity contribution in [2.45, 2.75) is 40.2 Å². The molecule has 1 heterocycles. The second-order valence-corrected chi connectivity index (χ2v) is 6.61. The van der Waals surface area contributed by atoms with Gasteiger partial charge in [-0.05, 0) is 30.0 Å². The van der Waals surface area contributed by atoms with E-state index >= 15 is 0 Å². The van der Waals surface area contributed by atoms with Gasteiger partial charge in [0.15, 0.2) is 5.96 Å². The average molecular weight is 488 g/mol. The summed E-state index contributed by atoms with van der Waals surface area (Å²) in [5, 5.41) is 14.8. The van der Waals surface area contributed by atoms with E-state index in [4.69, 9.17) is 0 Å². The Labute approximate surface area is 178 Å². The summed E-state index contributed by atoms with van der Waals surface area (Å²) in [4.78, 5) is 4.62. The minimum Gasteiger partial charge on any atom is -0.356 e. The number of hydrogen-bond donors (Lipinski definition) is 2. The van der Waals surface area contributed by atoms with Gasteiger partial charge in [0, 0.05) is 32.6 Å². The molecule has 0 aliphatic heterocycles. The molecule has 0 saturated carbocycles. The number of aryl methyl sites for hydroxylation is 1. The fourth-order valence-corrected chi connectivity index (χ4v) is 2.46. The maximum atomic E-state index is 13.0. The molecule has 0 aliphatic carbocycles. The number of aliphatic imine (C=N–C) groups is 1. The summed E-state index contributed by atoms with van der Waals surface area (Å²) in [6.45, 7) is 9.39. The number of guanidine groups is 1. The Morgan fingerprint density at radius 1 is 1.19 bits per heavy atom. The van der Waals surface area contributed by atoms with Crippen molar-refractivity contribution in [3.8, 4) is 0 Å². The number of aromatic nitrogens is 3. The van der Waals surface area contributed by atoms with Gasteiger partial charge in [-0.15, -0.1) is 34.2 Å². The van der Waals surface area contributed by atoms with Gasteiger partial charge in [0.2, 0.25) is 0 Å². The van der Waals surface area contributed by atoms with Crippen LogP contribution in [-0.2, 0) is 19.4 Å². The Bertz CT molecular complexity index is 684. The van der Waals surface area contributed by atoms with Crippen molar-refractivity contribution in [3.63, 3.8) is 0 Å². The standard InChI is InChI=1S/C19H29FN6.HI/c1-4-18-25-24-14-26(18)12-11-22-19(23-13-15(2)3)21-10-9-16-5-7-17(20)8-6-16;/h5-8,14-15H,4,9-13H2,1-3H3,(H2,21,22,23);1H. The second-order valence-electron chi connectivity index (χ2n) is 6.61. The van der Waals surface area contributed by atoms with Crippen molar-refractivity contribution < 1.29 is 4.39 Å². The first kappa shape index (κ1) is 23.3. The molecule has 1 aromatic carbocycles. The highest BCUT2D eigenvalue weighted by Crippen LogP contribution is 2.02. The van der Waals surface area contributed by atoms with Gasteiger partial charge in [-0.3, -0.25) is 4.99 Å². The summed E-state index contributed by atoms with van der Waals surface area (Å²) in [5.74, 6) is 2.07. The lowest BCUT2D eigenvalue weighted by atomic mass is 10.1. The van der Waals surface area contributed by atoms with Gasteiger partial charge in [0.25, 0.3) is 0 Å². The number of nitrogens with zero attached hydrogens (tertiary/aromatic N) is 4. The molecule has 27 heavy (non-hydrogen) atoms. The van der Waals surface area contributed by atoms with Crippen LogP contribution in [0.3, 0.4) is 0 Å². The van der Waals surface area contributed by atoms with Crippen LogP contribution in [0.15, 0.2) is 35.6 Å². The fourth-order valence-electron chi connectivity index (χ4n) is 2.46. The normalized spacial score (nSPS) is 11.4. The van der Waals surface area contributed by atoms with E-state index in [1.807, 2.05) is 16.7 Å². The molecule has 0 radical (unpaired) electrons. The van der Waals surface area contributed by atoms with Crippen LogP contribution in [0.25, 0.3) is 0 Å². The van der Waals surface area contributed by atoms with Crippen LogP contribution in [0.4, 0.5) is 4.39 Å². The van der Waals surface area contributed by atoms with Crippen LogP contribution in [0.5, 0.6) is 0 Å². The third-order valence-electron chi connectivity index (χ3n) is 3.89. The van der Waals surface area contributed by atoms with Crippen molar-refractivity contribution in [3.05, 3.63) is 47.8 Å². The Hall–Kier alpha value is -1.71. The lowest BCUT2D eigenvalue weighted by molar-refractivity contribution is 0.622. The lowest BCUT2D eigenvalue weighted by Gasteiger charge is -2.14. The minimum absolute atomic E-state index is 0. The van der Waals surface area contributed by atoms with Crippen molar-refractivity contribution in [1.82, 2.24) is 25.4 Å². The first-order valence-electron chi connectivity index (χ1n) is 9.21. The van der Waals surface area contributed by atoms with E-state index in [-0.39, 0.29) is 29.8 Å². The predicted molar refractivity (Wildman–Crippen MR) is 118 cm³/mol. The second kappa shape index (κ2) is 12.6. The molecule has 0 aliphatic rings. The average Bonchev–Trinajstić information content (AvgIpc) is 3.08. The molecule has 0 bridgehead atoms. The van der Waals surface area contributed by atoms with Crippen LogP contribution in [0, 0.1) is 11.7 Å². The molecule has 2 N–H and O–H groups in total. The van der Waals surface area contributed by atoms with Gasteiger partial charge in [-0.2, -0.15) is 0 Å². The molecule has 8 heteroatoms. The maximum Gasteiger partial charge on any atom is 0.191 e. The van der Waals surface area contributed by atoms with Gasteiger partial charge < -0.3 is 15.2 Å². The molecule has 0 unspecified atom stereocenters. The van der Waals surface area contributed by atoms with Crippen LogP contribution in [0.1, 0.15) is 32.2 Å². The molecule has 6 nitrogen and oxygen atoms in total. The topological polar surface area (TPSA) is 67.1 Å². The molecule has 0 saturated heterocycles. The monoisotopic (exact) mass is 488 g/mol. The van der Waals surface area contributed by atoms with E-state index in [1.165, 1.54) is 12.1 Å². The maximum absolute atomic E-state index is 13.0. The van der Waals surface area contributed by atoms with Crippen LogP contribution in [0.2, 0.25) is 0 Å². The fraction of sp³-hybridized carbons (Fsp3) is 0.526. The van der Waals surface area contributed by atoms with Crippen molar-refractivity contribution in [2.75, 3.05) is 19.6 Å². The molecule has 0 atom stereocenters. The van der Waals surface area contributed by atoms with Crippen molar-refractivity contribution in [1.29, 1.82) is 0 Å². The summed E-state index contributed by atoms with van der Waals surface area (Å²) in [5.41, 5.74) is 1.10. The zero-order valence-electron chi connectivity index (χ0n) is 16.3. The summed E-state index contributed by atoms with van der Waals surface area (Å²) < 4.78 is 15.0. The van der Waals surface area contributed by atoms with E-state index in [1.54, 1.807) is 6.33 Å². The molecular weight excluding hydrogens is 458 g/mol. The SMILES string of the molecule is CCc1nncn1CCNC(=NCC(C)C)NCCc1ccc(F)cc1.I. The third kappa shape index (κ3) is 8.68. The molecule has 1 aromatic heterocycles. The highest BCUT2D eigenvalue weighted by molar-refractivity contribution is 14.0. The highest BCUT2D eigenvalue weighted by Gasteiger charge is 2.03. The summed E-state index contributed by atoms with van der Waals surface area (Å²) in [6.07, 6.45) is 3.44. The summed E-state index contributed by atoms with van der Waals surface area (Å²) >= 11 is 0. The van der Waals surface area contributed by atoms with E-state index in [0.29, 0.717) is 5.92 Å². The quantitative estimate of drug-likeness (QED) is 0.324. The molecular formula is C19H30FIN6. The molecule has 2 aromatic rings. The van der Waals surface area contributed by atoms with E-state index in [0.717, 1.165) is 56.4 Å². The number of halogens is 2. The largest absolute Gasteiger partial charge is 0.356 e. The summed E-state index contributed by atoms with van der Waals surface area (Å²) in [7, 11) is 0. The first-order chi connectivity index (χ1) is 12.6. The Morgan fingerprint density at radius 2 is 1.89 bits per heavy atom. The predicted octanol–water partition coefficient (Wildman–Crippen LogP) is 3.03. The van der Waals surface area contributed by atoms with Gasteiger partial charge in [-0.25, -0.2) is 4.39 Å². The minimum atomic E-state index is -0.206. The smallest absolute Gasteiger partial charge is 0.191 e. The number of nitrogens with one attached hydrogen (secondary N) is 2. The third-order valence-corrected chi connectivity index (χ3v) is 3.89. The number of rotatable bonds is 9. The zero-order chi connectivity index (χ0) is 18.8. The van der Waals surface area contributed by atoms with Crippen molar-refractivity contribution >= 4 is 29.9 Å². The lowest BCUT2D eigenvalue weighted by Crippen LogP contribution is -2.40. The molecule has 2 rings (SSSR count).